The molecule has 33 heavy (non-hydrogen) atoms. The van der Waals surface area contributed by atoms with Crippen molar-refractivity contribution in [3.63, 3.8) is 0 Å². The molecule has 2 aromatic carbocycles. The lowest BCUT2D eigenvalue weighted by Gasteiger charge is -2.23. The zero-order valence-corrected chi connectivity index (χ0v) is 18.5. The first kappa shape index (κ1) is 21.2. The monoisotopic (exact) mass is 462 g/mol. The van der Waals surface area contributed by atoms with Crippen molar-refractivity contribution < 1.29 is 9.59 Å². The van der Waals surface area contributed by atoms with Crippen LogP contribution < -0.4 is 21.5 Å². The van der Waals surface area contributed by atoms with Crippen molar-refractivity contribution >= 4 is 50.9 Å². The Morgan fingerprint density at radius 3 is 2.88 bits per heavy atom. The Hall–Kier alpha value is -3.62. The number of para-hydroxylation sites is 1. The molecule has 1 atom stereocenters. The number of amides is 2. The van der Waals surface area contributed by atoms with Crippen molar-refractivity contribution in [1.29, 1.82) is 0 Å². The highest BCUT2D eigenvalue weighted by Crippen LogP contribution is 2.26. The molecule has 0 radical (unpaired) electrons. The molecular weight excluding hydrogens is 440 g/mol. The number of fused-ring (bicyclic) bond motifs is 4. The molecule has 0 aliphatic carbocycles. The topological polar surface area (TPSA) is 111 Å². The van der Waals surface area contributed by atoms with Gasteiger partial charge in [-0.3, -0.25) is 30.7 Å². The van der Waals surface area contributed by atoms with Crippen LogP contribution in [-0.2, 0) is 22.6 Å². The van der Waals surface area contributed by atoms with Crippen molar-refractivity contribution in [2.45, 2.75) is 25.4 Å². The van der Waals surface area contributed by atoms with E-state index >= 15 is 0 Å². The Kier molecular flexibility index (Phi) is 5.85. The smallest absolute Gasteiger partial charge is 0.255 e. The third-order valence-corrected chi connectivity index (χ3v) is 6.08. The van der Waals surface area contributed by atoms with Crippen molar-refractivity contribution in [3.05, 3.63) is 71.0 Å². The molecule has 9 heteroatoms. The molecule has 4 aromatic rings. The molecule has 0 bridgehead atoms. The van der Waals surface area contributed by atoms with E-state index in [0.717, 1.165) is 38.8 Å². The van der Waals surface area contributed by atoms with E-state index in [9.17, 15) is 9.59 Å². The van der Waals surface area contributed by atoms with Gasteiger partial charge in [0.15, 0.2) is 0 Å². The number of carbonyl (C=O) groups is 2. The van der Waals surface area contributed by atoms with Crippen LogP contribution in [0, 0.1) is 0 Å². The number of halogens is 1. The minimum Gasteiger partial charge on any atom is -0.384 e. The van der Waals surface area contributed by atoms with Crippen LogP contribution >= 0.6 is 11.6 Å². The molecule has 5 rings (SSSR count). The van der Waals surface area contributed by atoms with Gasteiger partial charge in [0.2, 0.25) is 5.91 Å². The van der Waals surface area contributed by atoms with E-state index in [4.69, 9.17) is 11.6 Å². The highest BCUT2D eigenvalue weighted by atomic mass is 35.5. The van der Waals surface area contributed by atoms with Gasteiger partial charge in [0.05, 0.1) is 11.6 Å². The number of rotatable bonds is 5. The Labute approximate surface area is 195 Å². The van der Waals surface area contributed by atoms with Crippen LogP contribution in [0.2, 0.25) is 5.02 Å². The Morgan fingerprint density at radius 2 is 1.97 bits per heavy atom. The highest BCUT2D eigenvalue weighted by molar-refractivity contribution is 6.31. The van der Waals surface area contributed by atoms with Gasteiger partial charge in [0.25, 0.3) is 5.91 Å². The second-order valence-corrected chi connectivity index (χ2v) is 8.44. The fraction of sp³-hybridized carbons (Fsp3) is 0.208. The summed E-state index contributed by atoms with van der Waals surface area (Å²) in [5.74, 6) is -0.537. The second kappa shape index (κ2) is 9.09. The first-order valence-corrected chi connectivity index (χ1v) is 11.1. The van der Waals surface area contributed by atoms with E-state index in [1.165, 1.54) is 0 Å². The number of aromatic nitrogens is 2. The number of nitrogens with one attached hydrogen (secondary N) is 5. The zero-order valence-electron chi connectivity index (χ0n) is 17.7. The average molecular weight is 463 g/mol. The molecule has 0 saturated carbocycles. The standard InChI is InChI=1S/C24H23ClN6O2/c25-14-5-6-16-18(7-9-27-20(16)11-14)26-10-8-23(32)30-31-24(33)21-12-17-15-3-1-2-4-19(15)29-22(17)13-28-21/h1-7,9,11,21,28-29H,8,10,12-13H2,(H,26,27)(H,30,32)(H,31,33). The molecule has 0 saturated heterocycles. The first-order valence-electron chi connectivity index (χ1n) is 10.8. The average Bonchev–Trinajstić information content (AvgIpc) is 3.20. The van der Waals surface area contributed by atoms with Crippen LogP contribution in [0.25, 0.3) is 21.8 Å². The Balaban J connectivity index is 1.12. The lowest BCUT2D eigenvalue weighted by Crippen LogP contribution is -2.53. The van der Waals surface area contributed by atoms with E-state index < -0.39 is 6.04 Å². The number of anilines is 1. The minimum absolute atomic E-state index is 0.197. The van der Waals surface area contributed by atoms with Crippen molar-refractivity contribution in [2.24, 2.45) is 0 Å². The van der Waals surface area contributed by atoms with E-state index in [0.29, 0.717) is 24.5 Å². The molecule has 5 N–H and O–H groups in total. The van der Waals surface area contributed by atoms with E-state index in [1.807, 2.05) is 30.3 Å². The summed E-state index contributed by atoms with van der Waals surface area (Å²) in [6.45, 7) is 0.981. The fourth-order valence-electron chi connectivity index (χ4n) is 4.19. The summed E-state index contributed by atoms with van der Waals surface area (Å²) in [5.41, 5.74) is 10.0. The molecule has 168 valence electrons. The van der Waals surface area contributed by atoms with E-state index in [1.54, 1.807) is 18.3 Å². The molecule has 1 aliphatic rings. The molecule has 2 aromatic heterocycles. The third-order valence-electron chi connectivity index (χ3n) is 5.85. The number of benzene rings is 2. The maximum atomic E-state index is 12.6. The molecule has 8 nitrogen and oxygen atoms in total. The number of hydrogen-bond acceptors (Lipinski definition) is 5. The molecule has 1 aliphatic heterocycles. The van der Waals surface area contributed by atoms with Gasteiger partial charge in [-0.1, -0.05) is 29.8 Å². The number of hydrogen-bond donors (Lipinski definition) is 5. The quantitative estimate of drug-likeness (QED) is 0.293. The van der Waals surface area contributed by atoms with E-state index in [-0.39, 0.29) is 18.2 Å². The number of H-pyrrole nitrogens is 1. The summed E-state index contributed by atoms with van der Waals surface area (Å²) in [6, 6.07) is 15.0. The molecule has 0 fully saturated rings. The van der Waals surface area contributed by atoms with Gasteiger partial charge >= 0.3 is 0 Å². The van der Waals surface area contributed by atoms with Crippen LogP contribution in [0.5, 0.6) is 0 Å². The largest absolute Gasteiger partial charge is 0.384 e. The van der Waals surface area contributed by atoms with Gasteiger partial charge in [-0.25, -0.2) is 0 Å². The predicted molar refractivity (Wildman–Crippen MR) is 129 cm³/mol. The first-order chi connectivity index (χ1) is 16.1. The van der Waals surface area contributed by atoms with Gasteiger partial charge in [-0.2, -0.15) is 0 Å². The second-order valence-electron chi connectivity index (χ2n) is 8.00. The van der Waals surface area contributed by atoms with Crippen LogP contribution in [0.1, 0.15) is 17.7 Å². The maximum Gasteiger partial charge on any atom is 0.255 e. The molecule has 1 unspecified atom stereocenters. The third kappa shape index (κ3) is 4.48. The van der Waals surface area contributed by atoms with Crippen molar-refractivity contribution in [3.8, 4) is 0 Å². The van der Waals surface area contributed by atoms with Gasteiger partial charge in [-0.15, -0.1) is 0 Å². The maximum absolute atomic E-state index is 12.6. The van der Waals surface area contributed by atoms with Crippen molar-refractivity contribution in [1.82, 2.24) is 26.1 Å². The fourth-order valence-corrected chi connectivity index (χ4v) is 4.36. The van der Waals surface area contributed by atoms with Crippen LogP contribution in [0.15, 0.2) is 54.7 Å². The lowest BCUT2D eigenvalue weighted by molar-refractivity contribution is -0.130. The van der Waals surface area contributed by atoms with Crippen LogP contribution in [0.4, 0.5) is 5.69 Å². The van der Waals surface area contributed by atoms with Crippen LogP contribution in [0.3, 0.4) is 0 Å². The number of carbonyl (C=O) groups excluding carboxylic acids is 2. The normalized spacial score (nSPS) is 15.2. The number of hydrazine groups is 1. The lowest BCUT2D eigenvalue weighted by atomic mass is 9.98. The number of aromatic amines is 1. The summed E-state index contributed by atoms with van der Waals surface area (Å²) in [6.07, 6.45) is 2.45. The molecular formula is C24H23ClN6O2. The zero-order chi connectivity index (χ0) is 22.8. The highest BCUT2D eigenvalue weighted by Gasteiger charge is 2.27. The van der Waals surface area contributed by atoms with Crippen LogP contribution in [-0.4, -0.2) is 34.4 Å². The molecule has 3 heterocycles. The SMILES string of the molecule is O=C(CCNc1ccnc2cc(Cl)ccc12)NNC(=O)C1Cc2c([nH]c3ccccc23)CN1. The number of nitrogens with zero attached hydrogens (tertiary/aromatic N) is 1. The van der Waals surface area contributed by atoms with Gasteiger partial charge in [0, 0.05) is 58.4 Å². The Bertz CT molecular complexity index is 1350. The summed E-state index contributed by atoms with van der Waals surface area (Å²) < 4.78 is 0. The number of pyridine rings is 1. The molecule has 2 amide bonds. The summed E-state index contributed by atoms with van der Waals surface area (Å²) in [5, 5.41) is 9.14. The van der Waals surface area contributed by atoms with Gasteiger partial charge in [0.1, 0.15) is 0 Å². The summed E-state index contributed by atoms with van der Waals surface area (Å²) in [7, 11) is 0. The molecule has 0 spiro atoms. The predicted octanol–water partition coefficient (Wildman–Crippen LogP) is 3.03. The summed E-state index contributed by atoms with van der Waals surface area (Å²) >= 11 is 6.02. The van der Waals surface area contributed by atoms with Gasteiger partial charge in [-0.05, 0) is 42.3 Å². The summed E-state index contributed by atoms with van der Waals surface area (Å²) in [4.78, 5) is 32.5. The minimum atomic E-state index is -0.412. The van der Waals surface area contributed by atoms with E-state index in [2.05, 4.69) is 37.5 Å². The Morgan fingerprint density at radius 1 is 1.09 bits per heavy atom. The van der Waals surface area contributed by atoms with Crippen molar-refractivity contribution in [2.75, 3.05) is 11.9 Å². The van der Waals surface area contributed by atoms with Gasteiger partial charge < -0.3 is 10.3 Å².